The van der Waals surface area contributed by atoms with Crippen LogP contribution in [0.5, 0.6) is 0 Å². The third-order valence-electron chi connectivity index (χ3n) is 8.44. The zero-order chi connectivity index (χ0) is 20.7. The molecule has 1 saturated heterocycles. The van der Waals surface area contributed by atoms with E-state index in [0.29, 0.717) is 11.5 Å². The van der Waals surface area contributed by atoms with E-state index in [2.05, 4.69) is 73.6 Å². The monoisotopic (exact) mass is 399 g/mol. The van der Waals surface area contributed by atoms with Gasteiger partial charge in [0.25, 0.3) is 0 Å². The molecule has 0 amide bonds. The van der Waals surface area contributed by atoms with Crippen LogP contribution in [0, 0.1) is 12.3 Å². The first kappa shape index (κ1) is 18.5. The van der Waals surface area contributed by atoms with Gasteiger partial charge >= 0.3 is 0 Å². The normalized spacial score (nSPS) is 23.9. The van der Waals surface area contributed by atoms with Gasteiger partial charge in [-0.05, 0) is 81.7 Å². The van der Waals surface area contributed by atoms with Crippen molar-refractivity contribution in [2.24, 2.45) is 5.41 Å². The fourth-order valence-corrected chi connectivity index (χ4v) is 7.27. The Bertz CT molecular complexity index is 1150. The van der Waals surface area contributed by atoms with Crippen LogP contribution in [0.1, 0.15) is 76.2 Å². The van der Waals surface area contributed by atoms with Crippen molar-refractivity contribution in [3.8, 4) is 5.69 Å². The fourth-order valence-electron chi connectivity index (χ4n) is 7.27. The molecule has 1 saturated carbocycles. The van der Waals surface area contributed by atoms with Gasteiger partial charge in [0.05, 0.1) is 16.7 Å². The van der Waals surface area contributed by atoms with E-state index in [4.69, 9.17) is 4.98 Å². The molecule has 2 aliphatic heterocycles. The third kappa shape index (κ3) is 2.41. The summed E-state index contributed by atoms with van der Waals surface area (Å²) in [7, 11) is 0. The number of anilines is 1. The maximum Gasteiger partial charge on any atom is 0.118 e. The zero-order valence-corrected chi connectivity index (χ0v) is 18.8. The van der Waals surface area contributed by atoms with E-state index in [9.17, 15) is 0 Å². The molecule has 30 heavy (non-hydrogen) atoms. The maximum absolute atomic E-state index is 4.93. The lowest BCUT2D eigenvalue weighted by Gasteiger charge is -2.41. The standard InChI is InChI=1S/C27H33N3/c1-18-14-20-15-25-28-21-10-6-7-11-22(21)29(25)24(20)16-23(18)30-19(2)27(17-26(30,3)4)12-8-5-9-13-27/h6-7,10-11,14,16,19H,5,8-9,12-13,15,17H2,1-4H3. The minimum Gasteiger partial charge on any atom is -0.363 e. The van der Waals surface area contributed by atoms with Crippen molar-refractivity contribution in [1.82, 2.24) is 9.55 Å². The van der Waals surface area contributed by atoms with E-state index < -0.39 is 0 Å². The largest absolute Gasteiger partial charge is 0.363 e. The number of imidazole rings is 1. The molecule has 3 heterocycles. The number of hydrogen-bond acceptors (Lipinski definition) is 2. The van der Waals surface area contributed by atoms with Crippen molar-refractivity contribution >= 4 is 16.7 Å². The lowest BCUT2D eigenvalue weighted by Crippen LogP contribution is -2.44. The minimum absolute atomic E-state index is 0.189. The van der Waals surface area contributed by atoms with Crippen molar-refractivity contribution in [2.75, 3.05) is 4.90 Å². The van der Waals surface area contributed by atoms with E-state index in [1.54, 1.807) is 0 Å². The lowest BCUT2D eigenvalue weighted by atomic mass is 9.68. The molecule has 1 atom stereocenters. The first-order valence-electron chi connectivity index (χ1n) is 11.8. The molecule has 1 aromatic heterocycles. The predicted octanol–water partition coefficient (Wildman–Crippen LogP) is 6.57. The number of aromatic nitrogens is 2. The molecular weight excluding hydrogens is 366 g/mol. The topological polar surface area (TPSA) is 21.1 Å². The molecule has 156 valence electrons. The van der Waals surface area contributed by atoms with Crippen LogP contribution in [-0.4, -0.2) is 21.1 Å². The molecule has 1 unspecified atom stereocenters. The van der Waals surface area contributed by atoms with Crippen molar-refractivity contribution in [3.63, 3.8) is 0 Å². The highest BCUT2D eigenvalue weighted by atomic mass is 15.3. The molecule has 3 heteroatoms. The summed E-state index contributed by atoms with van der Waals surface area (Å²) in [4.78, 5) is 7.71. The van der Waals surface area contributed by atoms with Gasteiger partial charge in [0.15, 0.2) is 0 Å². The maximum atomic E-state index is 4.93. The molecular formula is C27H33N3. The highest BCUT2D eigenvalue weighted by molar-refractivity contribution is 5.81. The van der Waals surface area contributed by atoms with Gasteiger partial charge in [0.2, 0.25) is 0 Å². The average Bonchev–Trinajstić information content (AvgIpc) is 3.29. The molecule has 2 aromatic carbocycles. The molecule has 0 radical (unpaired) electrons. The van der Waals surface area contributed by atoms with Gasteiger partial charge in [-0.3, -0.25) is 4.57 Å². The Morgan fingerprint density at radius 1 is 1.00 bits per heavy atom. The van der Waals surface area contributed by atoms with Gasteiger partial charge in [0.1, 0.15) is 5.82 Å². The van der Waals surface area contributed by atoms with E-state index in [1.807, 2.05) is 0 Å². The molecule has 1 aliphatic carbocycles. The Kier molecular flexibility index (Phi) is 3.77. The molecule has 3 aromatic rings. The summed E-state index contributed by atoms with van der Waals surface area (Å²) in [5.41, 5.74) is 8.62. The van der Waals surface area contributed by atoms with Crippen LogP contribution in [0.25, 0.3) is 16.7 Å². The summed E-state index contributed by atoms with van der Waals surface area (Å²) in [6.07, 6.45) is 9.28. The van der Waals surface area contributed by atoms with Crippen LogP contribution < -0.4 is 4.90 Å². The molecule has 0 N–H and O–H groups in total. The Morgan fingerprint density at radius 2 is 1.77 bits per heavy atom. The summed E-state index contributed by atoms with van der Waals surface area (Å²) in [6, 6.07) is 14.1. The first-order chi connectivity index (χ1) is 14.4. The minimum atomic E-state index is 0.189. The first-order valence-corrected chi connectivity index (χ1v) is 11.8. The van der Waals surface area contributed by atoms with E-state index in [-0.39, 0.29) is 5.54 Å². The second-order valence-corrected chi connectivity index (χ2v) is 10.8. The van der Waals surface area contributed by atoms with Gasteiger partial charge in [0, 0.05) is 23.7 Å². The SMILES string of the molecule is Cc1cc2c(cc1N1C(C)C3(CCCCC3)CC1(C)C)-n1c(nc3ccccc31)C2. The lowest BCUT2D eigenvalue weighted by molar-refractivity contribution is 0.170. The molecule has 1 spiro atoms. The van der Waals surface area contributed by atoms with E-state index in [1.165, 1.54) is 72.4 Å². The molecule has 3 aliphatic rings. The summed E-state index contributed by atoms with van der Waals surface area (Å²) in [5, 5.41) is 0. The van der Waals surface area contributed by atoms with Gasteiger partial charge in [-0.15, -0.1) is 0 Å². The van der Waals surface area contributed by atoms with Crippen LogP contribution in [0.15, 0.2) is 36.4 Å². The van der Waals surface area contributed by atoms with E-state index in [0.717, 1.165) is 11.9 Å². The number of nitrogens with zero attached hydrogens (tertiary/aromatic N) is 3. The number of fused-ring (bicyclic) bond motifs is 5. The van der Waals surface area contributed by atoms with Crippen molar-refractivity contribution in [2.45, 2.75) is 84.2 Å². The summed E-state index contributed by atoms with van der Waals surface area (Å²) >= 11 is 0. The Hall–Kier alpha value is -2.29. The number of hydrogen-bond donors (Lipinski definition) is 0. The fraction of sp³-hybridized carbons (Fsp3) is 0.519. The second kappa shape index (κ2) is 6.12. The quantitative estimate of drug-likeness (QED) is 0.361. The Balaban J connectivity index is 1.49. The predicted molar refractivity (Wildman–Crippen MR) is 125 cm³/mol. The van der Waals surface area contributed by atoms with E-state index >= 15 is 0 Å². The summed E-state index contributed by atoms with van der Waals surface area (Å²) < 4.78 is 2.40. The third-order valence-corrected chi connectivity index (χ3v) is 8.44. The Morgan fingerprint density at radius 3 is 2.57 bits per heavy atom. The molecule has 0 bridgehead atoms. The number of para-hydroxylation sites is 2. The number of rotatable bonds is 1. The van der Waals surface area contributed by atoms with Gasteiger partial charge in [-0.2, -0.15) is 0 Å². The summed E-state index contributed by atoms with van der Waals surface area (Å²) in [6.45, 7) is 9.75. The van der Waals surface area contributed by atoms with Gasteiger partial charge in [-0.25, -0.2) is 4.98 Å². The Labute approximate surface area is 180 Å². The van der Waals surface area contributed by atoms with Crippen LogP contribution in [0.3, 0.4) is 0 Å². The van der Waals surface area contributed by atoms with Crippen molar-refractivity contribution < 1.29 is 0 Å². The van der Waals surface area contributed by atoms with Crippen LogP contribution in [0.4, 0.5) is 5.69 Å². The molecule has 3 nitrogen and oxygen atoms in total. The van der Waals surface area contributed by atoms with Crippen LogP contribution in [0.2, 0.25) is 0 Å². The highest BCUT2D eigenvalue weighted by Gasteiger charge is 2.53. The summed E-state index contributed by atoms with van der Waals surface area (Å²) in [5.74, 6) is 1.18. The van der Waals surface area contributed by atoms with Crippen LogP contribution in [-0.2, 0) is 6.42 Å². The van der Waals surface area contributed by atoms with Crippen molar-refractivity contribution in [1.29, 1.82) is 0 Å². The number of aryl methyl sites for hydroxylation is 1. The highest BCUT2D eigenvalue weighted by Crippen LogP contribution is 2.56. The van der Waals surface area contributed by atoms with Crippen molar-refractivity contribution in [3.05, 3.63) is 53.3 Å². The van der Waals surface area contributed by atoms with Gasteiger partial charge < -0.3 is 4.90 Å². The smallest absolute Gasteiger partial charge is 0.118 e. The number of benzene rings is 2. The van der Waals surface area contributed by atoms with Gasteiger partial charge in [-0.1, -0.05) is 37.5 Å². The second-order valence-electron chi connectivity index (χ2n) is 10.8. The average molecular weight is 400 g/mol. The molecule has 2 fully saturated rings. The molecule has 6 rings (SSSR count). The zero-order valence-electron chi connectivity index (χ0n) is 18.8. The van der Waals surface area contributed by atoms with Crippen LogP contribution >= 0.6 is 0 Å².